The van der Waals surface area contributed by atoms with E-state index in [4.69, 9.17) is 5.11 Å². The van der Waals surface area contributed by atoms with Crippen molar-refractivity contribution in [3.8, 4) is 5.75 Å². The first-order chi connectivity index (χ1) is 9.08. The Balaban J connectivity index is 3.11. The molecule has 0 bridgehead atoms. The van der Waals surface area contributed by atoms with Gasteiger partial charge in [-0.25, -0.2) is 8.42 Å². The van der Waals surface area contributed by atoms with Crippen LogP contribution >= 0.6 is 0 Å². The Morgan fingerprint density at radius 2 is 2.00 bits per heavy atom. The molecule has 0 aliphatic heterocycles. The Labute approximate surface area is 114 Å². The zero-order valence-corrected chi connectivity index (χ0v) is 11.6. The molecule has 114 valence electrons. The van der Waals surface area contributed by atoms with E-state index in [9.17, 15) is 21.6 Å². The number of benzene rings is 1. The maximum absolute atomic E-state index is 12.1. The van der Waals surface area contributed by atoms with E-state index in [2.05, 4.69) is 4.74 Å². The minimum Gasteiger partial charge on any atom is -0.406 e. The van der Waals surface area contributed by atoms with Crippen molar-refractivity contribution in [3.05, 3.63) is 24.3 Å². The first-order valence-electron chi connectivity index (χ1n) is 5.52. The Hall–Kier alpha value is -1.32. The molecular weight excluding hydrogens is 299 g/mol. The van der Waals surface area contributed by atoms with Gasteiger partial charge in [-0.15, -0.1) is 13.2 Å². The van der Waals surface area contributed by atoms with Gasteiger partial charge in [0.15, 0.2) is 0 Å². The summed E-state index contributed by atoms with van der Waals surface area (Å²) in [6.07, 6.45) is -4.90. The van der Waals surface area contributed by atoms with E-state index < -0.39 is 34.8 Å². The van der Waals surface area contributed by atoms with Gasteiger partial charge in [0, 0.05) is 19.2 Å². The van der Waals surface area contributed by atoms with Crippen molar-refractivity contribution in [1.29, 1.82) is 0 Å². The minimum absolute atomic E-state index is 0.345. The zero-order chi connectivity index (χ0) is 15.6. The van der Waals surface area contributed by atoms with E-state index in [0.29, 0.717) is 0 Å². The number of alkyl halides is 3. The minimum atomic E-state index is -4.90. The maximum atomic E-state index is 12.1. The van der Waals surface area contributed by atoms with Crippen LogP contribution in [0.3, 0.4) is 0 Å². The van der Waals surface area contributed by atoms with E-state index in [0.717, 1.165) is 28.6 Å². The van der Waals surface area contributed by atoms with Crippen LogP contribution in [0.4, 0.5) is 13.2 Å². The van der Waals surface area contributed by atoms with Crippen molar-refractivity contribution >= 4 is 10.0 Å². The van der Waals surface area contributed by atoms with Crippen molar-refractivity contribution in [2.45, 2.75) is 24.2 Å². The number of nitrogens with zero attached hydrogens (tertiary/aromatic N) is 1. The van der Waals surface area contributed by atoms with E-state index in [1.165, 1.54) is 14.0 Å². The van der Waals surface area contributed by atoms with Gasteiger partial charge in [0.25, 0.3) is 0 Å². The summed E-state index contributed by atoms with van der Waals surface area (Å²) >= 11 is 0. The first kappa shape index (κ1) is 16.7. The highest BCUT2D eigenvalue weighted by Crippen LogP contribution is 2.26. The SMILES string of the molecule is CC(CO)N(C)S(=O)(=O)c1cccc(OC(F)(F)F)c1. The number of sulfonamides is 1. The number of ether oxygens (including phenoxy) is 1. The van der Waals surface area contributed by atoms with Gasteiger partial charge in [-0.3, -0.25) is 0 Å². The van der Waals surface area contributed by atoms with Crippen LogP contribution in [0, 0.1) is 0 Å². The summed E-state index contributed by atoms with van der Waals surface area (Å²) in [5, 5.41) is 8.94. The average molecular weight is 313 g/mol. The second-order valence-electron chi connectivity index (χ2n) is 4.08. The summed E-state index contributed by atoms with van der Waals surface area (Å²) in [7, 11) is -2.77. The highest BCUT2D eigenvalue weighted by atomic mass is 32.2. The van der Waals surface area contributed by atoms with E-state index in [1.54, 1.807) is 0 Å². The van der Waals surface area contributed by atoms with Crippen LogP contribution in [0.5, 0.6) is 5.75 Å². The quantitative estimate of drug-likeness (QED) is 0.896. The van der Waals surface area contributed by atoms with Gasteiger partial charge in [-0.05, 0) is 19.1 Å². The molecule has 1 unspecified atom stereocenters. The molecule has 0 radical (unpaired) electrons. The lowest BCUT2D eigenvalue weighted by Gasteiger charge is -2.22. The zero-order valence-electron chi connectivity index (χ0n) is 10.8. The van der Waals surface area contributed by atoms with Crippen LogP contribution in [0.1, 0.15) is 6.92 Å². The molecule has 1 rings (SSSR count). The molecule has 0 amide bonds. The molecule has 1 atom stereocenters. The standard InChI is InChI=1S/C11H14F3NO4S/c1-8(7-16)15(2)20(17,18)10-5-3-4-9(6-10)19-11(12,13)14/h3-6,8,16H,7H2,1-2H3. The van der Waals surface area contributed by atoms with Crippen LogP contribution < -0.4 is 4.74 Å². The predicted octanol–water partition coefficient (Wildman–Crippen LogP) is 1.59. The van der Waals surface area contributed by atoms with Crippen LogP contribution in [0.2, 0.25) is 0 Å². The number of likely N-dealkylation sites (N-methyl/N-ethyl adjacent to an activating group) is 1. The van der Waals surface area contributed by atoms with Crippen molar-refractivity contribution in [2.24, 2.45) is 0 Å². The average Bonchev–Trinajstić information content (AvgIpc) is 2.35. The summed E-state index contributed by atoms with van der Waals surface area (Å²) in [6, 6.07) is 3.38. The molecule has 5 nitrogen and oxygen atoms in total. The highest BCUT2D eigenvalue weighted by molar-refractivity contribution is 7.89. The molecule has 0 saturated carbocycles. The maximum Gasteiger partial charge on any atom is 0.573 e. The molecule has 0 heterocycles. The predicted molar refractivity (Wildman–Crippen MR) is 64.6 cm³/mol. The largest absolute Gasteiger partial charge is 0.573 e. The molecule has 1 aromatic rings. The summed E-state index contributed by atoms with van der Waals surface area (Å²) in [5.41, 5.74) is 0. The summed E-state index contributed by atoms with van der Waals surface area (Å²) in [6.45, 7) is 1.06. The van der Waals surface area contributed by atoms with Gasteiger partial charge >= 0.3 is 6.36 Å². The third-order valence-corrected chi connectivity index (χ3v) is 4.57. The number of halogens is 3. The number of aliphatic hydroxyl groups excluding tert-OH is 1. The molecule has 1 N–H and O–H groups in total. The van der Waals surface area contributed by atoms with Gasteiger partial charge in [-0.2, -0.15) is 4.31 Å². The molecular formula is C11H14F3NO4S. The topological polar surface area (TPSA) is 66.8 Å². The molecule has 0 spiro atoms. The van der Waals surface area contributed by atoms with Crippen LogP contribution in [0.15, 0.2) is 29.2 Å². The molecule has 0 aliphatic rings. The van der Waals surface area contributed by atoms with Crippen molar-refractivity contribution < 1.29 is 31.4 Å². The second-order valence-corrected chi connectivity index (χ2v) is 6.07. The van der Waals surface area contributed by atoms with Crippen LogP contribution in [0.25, 0.3) is 0 Å². The van der Waals surface area contributed by atoms with Crippen LogP contribution in [-0.4, -0.2) is 43.9 Å². The van der Waals surface area contributed by atoms with Gasteiger partial charge < -0.3 is 9.84 Å². The molecule has 0 fully saturated rings. The van der Waals surface area contributed by atoms with E-state index >= 15 is 0 Å². The fourth-order valence-corrected chi connectivity index (χ4v) is 2.74. The second kappa shape index (κ2) is 5.98. The molecule has 9 heteroatoms. The number of aliphatic hydroxyl groups is 1. The Morgan fingerprint density at radius 3 is 2.50 bits per heavy atom. The fourth-order valence-electron chi connectivity index (χ4n) is 1.35. The molecule has 20 heavy (non-hydrogen) atoms. The molecule has 0 aromatic heterocycles. The van der Waals surface area contributed by atoms with Gasteiger partial charge in [-0.1, -0.05) is 6.07 Å². The van der Waals surface area contributed by atoms with Crippen LogP contribution in [-0.2, 0) is 10.0 Å². The number of rotatable bonds is 5. The molecule has 1 aromatic carbocycles. The highest BCUT2D eigenvalue weighted by Gasteiger charge is 2.32. The van der Waals surface area contributed by atoms with Gasteiger partial charge in [0.05, 0.1) is 11.5 Å². The lowest BCUT2D eigenvalue weighted by Crippen LogP contribution is -2.37. The van der Waals surface area contributed by atoms with E-state index in [-0.39, 0.29) is 4.90 Å². The van der Waals surface area contributed by atoms with Gasteiger partial charge in [0.2, 0.25) is 10.0 Å². The van der Waals surface area contributed by atoms with Crippen molar-refractivity contribution in [1.82, 2.24) is 4.31 Å². The third kappa shape index (κ3) is 4.09. The molecule has 0 saturated heterocycles. The smallest absolute Gasteiger partial charge is 0.406 e. The molecule has 0 aliphatic carbocycles. The Bertz CT molecular complexity index is 559. The van der Waals surface area contributed by atoms with E-state index in [1.807, 2.05) is 0 Å². The normalized spacial score (nSPS) is 14.3. The summed E-state index contributed by atoms with van der Waals surface area (Å²) in [5.74, 6) is -0.622. The summed E-state index contributed by atoms with van der Waals surface area (Å²) in [4.78, 5) is -0.345. The number of hydrogen-bond acceptors (Lipinski definition) is 4. The summed E-state index contributed by atoms with van der Waals surface area (Å²) < 4.78 is 65.1. The fraction of sp³-hybridized carbons (Fsp3) is 0.455. The first-order valence-corrected chi connectivity index (χ1v) is 6.96. The third-order valence-electron chi connectivity index (χ3n) is 2.60. The Kier molecular flexibility index (Phi) is 5.00. The van der Waals surface area contributed by atoms with Crippen molar-refractivity contribution in [3.63, 3.8) is 0 Å². The lowest BCUT2D eigenvalue weighted by molar-refractivity contribution is -0.274. The lowest BCUT2D eigenvalue weighted by atomic mass is 10.3. The number of hydrogen-bond donors (Lipinski definition) is 1. The monoisotopic (exact) mass is 313 g/mol. The Morgan fingerprint density at radius 1 is 1.40 bits per heavy atom. The van der Waals surface area contributed by atoms with Gasteiger partial charge in [0.1, 0.15) is 5.75 Å². The van der Waals surface area contributed by atoms with Crippen molar-refractivity contribution in [2.75, 3.05) is 13.7 Å².